The Morgan fingerprint density at radius 3 is 2.68 bits per heavy atom. The summed E-state index contributed by atoms with van der Waals surface area (Å²) < 4.78 is 10.3. The van der Waals surface area contributed by atoms with Crippen molar-refractivity contribution in [2.75, 3.05) is 14.2 Å². The average Bonchev–Trinajstić information content (AvgIpc) is 2.63. The third-order valence-electron chi connectivity index (χ3n) is 3.36. The Kier molecular flexibility index (Phi) is 6.80. The van der Waals surface area contributed by atoms with Crippen molar-refractivity contribution in [2.24, 2.45) is 0 Å². The molecule has 1 rings (SSSR count). The van der Waals surface area contributed by atoms with E-state index >= 15 is 0 Å². The molecule has 0 unspecified atom stereocenters. The predicted molar refractivity (Wildman–Crippen MR) is 70.4 cm³/mol. The molecule has 1 aliphatic rings. The van der Waals surface area contributed by atoms with Crippen LogP contribution in [0, 0.1) is 0 Å². The number of carbonyl (C=O) groups is 2. The van der Waals surface area contributed by atoms with Gasteiger partial charge >= 0.3 is 0 Å². The third-order valence-corrected chi connectivity index (χ3v) is 3.36. The van der Waals surface area contributed by atoms with Crippen molar-refractivity contribution in [3.63, 3.8) is 0 Å². The Morgan fingerprint density at radius 1 is 1.42 bits per heavy atom. The zero-order valence-corrected chi connectivity index (χ0v) is 11.9. The fourth-order valence-corrected chi connectivity index (χ4v) is 2.24. The number of methoxy groups -OCH3 is 2. The highest BCUT2D eigenvalue weighted by molar-refractivity contribution is 5.88. The van der Waals surface area contributed by atoms with Gasteiger partial charge in [0.05, 0.1) is 6.04 Å². The minimum absolute atomic E-state index is 0.0549. The second-order valence-corrected chi connectivity index (χ2v) is 4.73. The topological polar surface area (TPSA) is 76.7 Å². The molecule has 1 heterocycles. The van der Waals surface area contributed by atoms with Crippen LogP contribution in [0.2, 0.25) is 0 Å². The molecule has 2 amide bonds. The highest BCUT2D eigenvalue weighted by Crippen LogP contribution is 2.11. The SMILES string of the molecule is CC[C@H](NC(=O)[C@@H]1CCCCC(=O)N1)C(OC)OC. The molecule has 6 nitrogen and oxygen atoms in total. The smallest absolute Gasteiger partial charge is 0.242 e. The molecule has 1 aliphatic heterocycles. The van der Waals surface area contributed by atoms with Crippen LogP contribution in [0.4, 0.5) is 0 Å². The molecule has 110 valence electrons. The summed E-state index contributed by atoms with van der Waals surface area (Å²) in [6, 6.07) is -0.666. The van der Waals surface area contributed by atoms with Gasteiger partial charge in [-0.3, -0.25) is 9.59 Å². The summed E-state index contributed by atoms with van der Waals surface area (Å²) in [5.74, 6) is -0.220. The fourth-order valence-electron chi connectivity index (χ4n) is 2.24. The standard InChI is InChI=1S/C13H24N2O4/c1-4-9(13(18-2)19-3)15-12(17)10-7-5-6-8-11(16)14-10/h9-10,13H,4-8H2,1-3H3,(H,14,16)(H,15,17)/t9-,10-/m0/s1. The Morgan fingerprint density at radius 2 is 2.11 bits per heavy atom. The zero-order valence-electron chi connectivity index (χ0n) is 11.9. The van der Waals surface area contributed by atoms with E-state index in [1.54, 1.807) is 0 Å². The van der Waals surface area contributed by atoms with Crippen LogP contribution in [0.1, 0.15) is 39.0 Å². The number of nitrogens with one attached hydrogen (secondary N) is 2. The molecule has 0 saturated carbocycles. The Hall–Kier alpha value is -1.14. The molecule has 2 atom stereocenters. The summed E-state index contributed by atoms with van der Waals surface area (Å²) in [5, 5.41) is 5.63. The first kappa shape index (κ1) is 15.9. The van der Waals surface area contributed by atoms with Crippen molar-refractivity contribution in [3.8, 4) is 0 Å². The Labute approximate surface area is 114 Å². The van der Waals surface area contributed by atoms with Crippen molar-refractivity contribution in [3.05, 3.63) is 0 Å². The number of rotatable bonds is 6. The maximum Gasteiger partial charge on any atom is 0.242 e. The van der Waals surface area contributed by atoms with Gasteiger partial charge in [-0.05, 0) is 19.3 Å². The van der Waals surface area contributed by atoms with E-state index in [9.17, 15) is 9.59 Å². The molecule has 0 radical (unpaired) electrons. The van der Waals surface area contributed by atoms with Gasteiger partial charge in [-0.15, -0.1) is 0 Å². The Balaban J connectivity index is 2.58. The fraction of sp³-hybridized carbons (Fsp3) is 0.846. The first-order chi connectivity index (χ1) is 9.12. The molecule has 19 heavy (non-hydrogen) atoms. The van der Waals surface area contributed by atoms with E-state index in [4.69, 9.17) is 9.47 Å². The van der Waals surface area contributed by atoms with Gasteiger partial charge in [0.25, 0.3) is 0 Å². The lowest BCUT2D eigenvalue weighted by Crippen LogP contribution is -2.52. The van der Waals surface area contributed by atoms with Gasteiger partial charge in [0, 0.05) is 20.6 Å². The number of hydrogen-bond acceptors (Lipinski definition) is 4. The molecule has 0 bridgehead atoms. The van der Waals surface area contributed by atoms with E-state index in [0.29, 0.717) is 19.3 Å². The molecule has 1 fully saturated rings. The molecular weight excluding hydrogens is 248 g/mol. The number of ether oxygens (including phenoxy) is 2. The van der Waals surface area contributed by atoms with Crippen LogP contribution in [-0.2, 0) is 19.1 Å². The molecule has 1 saturated heterocycles. The minimum atomic E-state index is -0.476. The minimum Gasteiger partial charge on any atom is -0.354 e. The summed E-state index contributed by atoms with van der Waals surface area (Å²) in [7, 11) is 3.08. The summed E-state index contributed by atoms with van der Waals surface area (Å²) in [6.07, 6.45) is 3.12. The summed E-state index contributed by atoms with van der Waals surface area (Å²) in [5.41, 5.74) is 0. The van der Waals surface area contributed by atoms with Crippen molar-refractivity contribution in [1.29, 1.82) is 0 Å². The van der Waals surface area contributed by atoms with Gasteiger partial charge in [0.1, 0.15) is 6.04 Å². The third kappa shape index (κ3) is 4.80. The molecule has 0 spiro atoms. The lowest BCUT2D eigenvalue weighted by Gasteiger charge is -2.26. The van der Waals surface area contributed by atoms with Crippen LogP contribution >= 0.6 is 0 Å². The van der Waals surface area contributed by atoms with Gasteiger partial charge in [-0.25, -0.2) is 0 Å². The molecule has 0 aromatic rings. The first-order valence-corrected chi connectivity index (χ1v) is 6.77. The molecule has 0 aromatic heterocycles. The second kappa shape index (κ2) is 8.12. The van der Waals surface area contributed by atoms with Crippen molar-refractivity contribution in [2.45, 2.75) is 57.4 Å². The van der Waals surface area contributed by atoms with Crippen molar-refractivity contribution < 1.29 is 19.1 Å². The van der Waals surface area contributed by atoms with Gasteiger partial charge in [0.15, 0.2) is 6.29 Å². The number of amides is 2. The van der Waals surface area contributed by atoms with Crippen LogP contribution in [0.25, 0.3) is 0 Å². The van der Waals surface area contributed by atoms with Gasteiger partial charge in [-0.1, -0.05) is 13.3 Å². The number of carbonyl (C=O) groups excluding carboxylic acids is 2. The zero-order chi connectivity index (χ0) is 14.3. The normalized spacial score (nSPS) is 21.7. The monoisotopic (exact) mass is 272 g/mol. The molecule has 0 aromatic carbocycles. The van der Waals surface area contributed by atoms with Crippen molar-refractivity contribution >= 4 is 11.8 Å². The van der Waals surface area contributed by atoms with Gasteiger partial charge < -0.3 is 20.1 Å². The van der Waals surface area contributed by atoms with E-state index in [1.807, 2.05) is 6.92 Å². The highest BCUT2D eigenvalue weighted by atomic mass is 16.7. The van der Waals surface area contributed by atoms with E-state index in [1.165, 1.54) is 14.2 Å². The lowest BCUT2D eigenvalue weighted by molar-refractivity contribution is -0.140. The van der Waals surface area contributed by atoms with Crippen LogP contribution in [-0.4, -0.2) is 44.4 Å². The van der Waals surface area contributed by atoms with E-state index < -0.39 is 12.3 Å². The largest absolute Gasteiger partial charge is 0.354 e. The van der Waals surface area contributed by atoms with Crippen LogP contribution < -0.4 is 10.6 Å². The first-order valence-electron chi connectivity index (χ1n) is 6.77. The summed E-state index contributed by atoms with van der Waals surface area (Å²) in [6.45, 7) is 1.95. The van der Waals surface area contributed by atoms with Crippen LogP contribution in [0.3, 0.4) is 0 Å². The quantitative estimate of drug-likeness (QED) is 0.693. The lowest BCUT2D eigenvalue weighted by atomic mass is 10.1. The molecule has 2 N–H and O–H groups in total. The van der Waals surface area contributed by atoms with E-state index in [-0.39, 0.29) is 17.9 Å². The molecule has 6 heteroatoms. The second-order valence-electron chi connectivity index (χ2n) is 4.73. The Bertz CT molecular complexity index is 305. The molecular formula is C13H24N2O4. The van der Waals surface area contributed by atoms with Crippen molar-refractivity contribution in [1.82, 2.24) is 10.6 Å². The molecule has 0 aliphatic carbocycles. The average molecular weight is 272 g/mol. The van der Waals surface area contributed by atoms with Crippen LogP contribution in [0.15, 0.2) is 0 Å². The summed E-state index contributed by atoms with van der Waals surface area (Å²) in [4.78, 5) is 23.6. The highest BCUT2D eigenvalue weighted by Gasteiger charge is 2.27. The predicted octanol–water partition coefficient (Wildman–Crippen LogP) is 0.559. The van der Waals surface area contributed by atoms with Gasteiger partial charge in [0.2, 0.25) is 11.8 Å². The van der Waals surface area contributed by atoms with E-state index in [0.717, 1.165) is 12.8 Å². The van der Waals surface area contributed by atoms with Gasteiger partial charge in [-0.2, -0.15) is 0 Å². The number of hydrogen-bond donors (Lipinski definition) is 2. The maximum atomic E-state index is 12.2. The maximum absolute atomic E-state index is 12.2. The summed E-state index contributed by atoms with van der Waals surface area (Å²) >= 11 is 0. The van der Waals surface area contributed by atoms with E-state index in [2.05, 4.69) is 10.6 Å². The van der Waals surface area contributed by atoms with Crippen LogP contribution in [0.5, 0.6) is 0 Å².